The molecule has 4 rings (SSSR count). The SMILES string of the molecule is Cc1ccc(-c2ccc(SCc3nc(-c4ccc(C)c(C)c4)no3)nn2)cc1C. The van der Waals surface area contributed by atoms with E-state index in [-0.39, 0.29) is 0 Å². The van der Waals surface area contributed by atoms with Crippen LogP contribution in [0.3, 0.4) is 0 Å². The van der Waals surface area contributed by atoms with E-state index in [0.29, 0.717) is 17.5 Å². The van der Waals surface area contributed by atoms with Crippen molar-refractivity contribution in [1.29, 1.82) is 0 Å². The molecule has 0 unspecified atom stereocenters. The first-order valence-electron chi connectivity index (χ1n) is 9.44. The van der Waals surface area contributed by atoms with E-state index in [2.05, 4.69) is 78.4 Å². The van der Waals surface area contributed by atoms with E-state index >= 15 is 0 Å². The fourth-order valence-corrected chi connectivity index (χ4v) is 3.55. The summed E-state index contributed by atoms with van der Waals surface area (Å²) in [6.07, 6.45) is 0. The molecule has 0 saturated carbocycles. The first-order chi connectivity index (χ1) is 14.0. The topological polar surface area (TPSA) is 64.7 Å². The smallest absolute Gasteiger partial charge is 0.237 e. The molecule has 0 aliphatic rings. The minimum absolute atomic E-state index is 0.551. The Morgan fingerprint density at radius 1 is 0.759 bits per heavy atom. The first kappa shape index (κ1) is 19.3. The maximum absolute atomic E-state index is 5.40. The van der Waals surface area contributed by atoms with Gasteiger partial charge in [-0.3, -0.25) is 0 Å². The maximum atomic E-state index is 5.40. The van der Waals surface area contributed by atoms with Crippen molar-refractivity contribution >= 4 is 11.8 Å². The lowest BCUT2D eigenvalue weighted by molar-refractivity contribution is 0.391. The Labute approximate surface area is 174 Å². The summed E-state index contributed by atoms with van der Waals surface area (Å²) in [6, 6.07) is 16.5. The van der Waals surface area contributed by atoms with E-state index in [1.54, 1.807) is 0 Å². The van der Waals surface area contributed by atoms with Gasteiger partial charge in [0.2, 0.25) is 11.7 Å². The Hall–Kier alpha value is -2.99. The molecule has 0 fully saturated rings. The van der Waals surface area contributed by atoms with Gasteiger partial charge >= 0.3 is 0 Å². The quantitative estimate of drug-likeness (QED) is 0.398. The van der Waals surface area contributed by atoms with Crippen LogP contribution < -0.4 is 0 Å². The third kappa shape index (κ3) is 4.38. The average molecular weight is 403 g/mol. The molecule has 2 aromatic heterocycles. The normalized spacial score (nSPS) is 11.0. The van der Waals surface area contributed by atoms with E-state index in [4.69, 9.17) is 4.52 Å². The van der Waals surface area contributed by atoms with Crippen LogP contribution in [-0.2, 0) is 5.75 Å². The summed E-state index contributed by atoms with van der Waals surface area (Å²) < 4.78 is 5.40. The number of aryl methyl sites for hydroxylation is 4. The van der Waals surface area contributed by atoms with Crippen LogP contribution in [0.4, 0.5) is 0 Å². The molecule has 0 aliphatic carbocycles. The van der Waals surface area contributed by atoms with E-state index in [9.17, 15) is 0 Å². The molecule has 6 heteroatoms. The van der Waals surface area contributed by atoms with Gasteiger partial charge in [0.15, 0.2) is 0 Å². The van der Waals surface area contributed by atoms with Gasteiger partial charge in [-0.2, -0.15) is 4.98 Å². The lowest BCUT2D eigenvalue weighted by Gasteiger charge is -2.05. The van der Waals surface area contributed by atoms with Crippen LogP contribution in [0.5, 0.6) is 0 Å². The summed E-state index contributed by atoms with van der Waals surface area (Å²) in [7, 11) is 0. The van der Waals surface area contributed by atoms with Gasteiger partial charge in [-0.05, 0) is 74.2 Å². The summed E-state index contributed by atoms with van der Waals surface area (Å²) >= 11 is 1.53. The predicted octanol–water partition coefficient (Wildman–Crippen LogP) is 5.72. The molecular formula is C23H22N4OS. The summed E-state index contributed by atoms with van der Waals surface area (Å²) in [5, 5.41) is 13.6. The second-order valence-electron chi connectivity index (χ2n) is 7.16. The molecule has 2 aromatic carbocycles. The van der Waals surface area contributed by atoms with Crippen molar-refractivity contribution in [2.45, 2.75) is 38.5 Å². The number of thioether (sulfide) groups is 1. The highest BCUT2D eigenvalue weighted by atomic mass is 32.2. The van der Waals surface area contributed by atoms with Gasteiger partial charge in [0, 0.05) is 11.1 Å². The highest BCUT2D eigenvalue weighted by Gasteiger charge is 2.11. The number of benzene rings is 2. The number of rotatable bonds is 5. The molecule has 0 N–H and O–H groups in total. The number of hydrogen-bond donors (Lipinski definition) is 0. The largest absolute Gasteiger partial charge is 0.338 e. The summed E-state index contributed by atoms with van der Waals surface area (Å²) in [5.41, 5.74) is 7.88. The Morgan fingerprint density at radius 3 is 2.10 bits per heavy atom. The standard InChI is InChI=1S/C23H22N4OS/c1-14-5-7-18(11-16(14)3)20-9-10-22(26-25-20)29-13-21-24-23(27-28-21)19-8-6-15(2)17(4)12-19/h5-12H,13H2,1-4H3. The monoisotopic (exact) mass is 402 g/mol. The van der Waals surface area contributed by atoms with Gasteiger partial charge in [0.1, 0.15) is 5.03 Å². The zero-order valence-corrected chi connectivity index (χ0v) is 17.7. The lowest BCUT2D eigenvalue weighted by Crippen LogP contribution is -1.91. The van der Waals surface area contributed by atoms with Crippen LogP contribution in [0.1, 0.15) is 28.1 Å². The number of aromatic nitrogens is 4. The zero-order valence-electron chi connectivity index (χ0n) is 16.9. The van der Waals surface area contributed by atoms with E-state index in [1.165, 1.54) is 34.0 Å². The van der Waals surface area contributed by atoms with Gasteiger partial charge in [-0.25, -0.2) is 0 Å². The van der Waals surface area contributed by atoms with Crippen LogP contribution >= 0.6 is 11.8 Å². The molecule has 5 nitrogen and oxygen atoms in total. The highest BCUT2D eigenvalue weighted by Crippen LogP contribution is 2.25. The van der Waals surface area contributed by atoms with E-state index in [1.807, 2.05) is 18.2 Å². The maximum Gasteiger partial charge on any atom is 0.237 e. The highest BCUT2D eigenvalue weighted by molar-refractivity contribution is 7.98. The molecule has 29 heavy (non-hydrogen) atoms. The molecule has 0 radical (unpaired) electrons. The van der Waals surface area contributed by atoms with E-state index < -0.39 is 0 Å². The molecule has 0 atom stereocenters. The van der Waals surface area contributed by atoms with Crippen LogP contribution in [0.25, 0.3) is 22.6 Å². The first-order valence-corrected chi connectivity index (χ1v) is 10.4. The summed E-state index contributed by atoms with van der Waals surface area (Å²) in [6.45, 7) is 8.38. The van der Waals surface area contributed by atoms with Crippen LogP contribution in [0.15, 0.2) is 58.1 Å². The van der Waals surface area contributed by atoms with E-state index in [0.717, 1.165) is 21.8 Å². The number of hydrogen-bond acceptors (Lipinski definition) is 6. The van der Waals surface area contributed by atoms with Crippen molar-refractivity contribution in [3.63, 3.8) is 0 Å². The predicted molar refractivity (Wildman–Crippen MR) is 116 cm³/mol. The molecule has 0 aliphatic heterocycles. The Balaban J connectivity index is 1.42. The summed E-state index contributed by atoms with van der Waals surface area (Å²) in [5.74, 6) is 1.73. The van der Waals surface area contributed by atoms with Crippen molar-refractivity contribution in [2.24, 2.45) is 0 Å². The fraction of sp³-hybridized carbons (Fsp3) is 0.217. The van der Waals surface area contributed by atoms with Gasteiger partial charge in [0.05, 0.1) is 11.4 Å². The summed E-state index contributed by atoms with van der Waals surface area (Å²) in [4.78, 5) is 4.50. The van der Waals surface area contributed by atoms with Gasteiger partial charge in [-0.15, -0.1) is 10.2 Å². The second kappa shape index (κ2) is 8.17. The van der Waals surface area contributed by atoms with Crippen molar-refractivity contribution in [3.05, 3.63) is 76.7 Å². The van der Waals surface area contributed by atoms with Crippen LogP contribution in [-0.4, -0.2) is 20.3 Å². The van der Waals surface area contributed by atoms with Gasteiger partial charge in [-0.1, -0.05) is 41.2 Å². The number of nitrogens with zero attached hydrogens (tertiary/aromatic N) is 4. The van der Waals surface area contributed by atoms with Crippen molar-refractivity contribution < 1.29 is 4.52 Å². The minimum atomic E-state index is 0.551. The molecule has 0 saturated heterocycles. The average Bonchev–Trinajstić information content (AvgIpc) is 3.20. The lowest BCUT2D eigenvalue weighted by atomic mass is 10.0. The third-order valence-electron chi connectivity index (χ3n) is 5.02. The van der Waals surface area contributed by atoms with Crippen molar-refractivity contribution in [2.75, 3.05) is 0 Å². The Bertz CT molecular complexity index is 1150. The molecular weight excluding hydrogens is 380 g/mol. The van der Waals surface area contributed by atoms with Crippen LogP contribution in [0, 0.1) is 27.7 Å². The van der Waals surface area contributed by atoms with Gasteiger partial charge < -0.3 is 4.52 Å². The van der Waals surface area contributed by atoms with Crippen molar-refractivity contribution in [3.8, 4) is 22.6 Å². The fourth-order valence-electron chi connectivity index (χ4n) is 2.90. The molecule has 0 bridgehead atoms. The Kier molecular flexibility index (Phi) is 5.45. The third-order valence-corrected chi connectivity index (χ3v) is 5.92. The van der Waals surface area contributed by atoms with Gasteiger partial charge in [0.25, 0.3) is 0 Å². The molecule has 0 spiro atoms. The second-order valence-corrected chi connectivity index (χ2v) is 8.15. The molecule has 2 heterocycles. The van der Waals surface area contributed by atoms with Crippen LogP contribution in [0.2, 0.25) is 0 Å². The van der Waals surface area contributed by atoms with Crippen molar-refractivity contribution in [1.82, 2.24) is 20.3 Å². The molecule has 146 valence electrons. The Morgan fingerprint density at radius 2 is 1.45 bits per heavy atom. The zero-order chi connectivity index (χ0) is 20.4. The molecule has 4 aromatic rings. The minimum Gasteiger partial charge on any atom is -0.338 e. The molecule has 0 amide bonds.